The fourth-order valence-corrected chi connectivity index (χ4v) is 4.68. The second-order valence-corrected chi connectivity index (χ2v) is 8.35. The summed E-state index contributed by atoms with van der Waals surface area (Å²) in [5.41, 5.74) is 5.57. The van der Waals surface area contributed by atoms with E-state index in [1.54, 1.807) is 11.8 Å². The lowest BCUT2D eigenvalue weighted by Crippen LogP contribution is -2.28. The summed E-state index contributed by atoms with van der Waals surface area (Å²) in [7, 11) is 0. The Bertz CT molecular complexity index is 1080. The Kier molecular flexibility index (Phi) is 5.77. The Balaban J connectivity index is 1.47. The van der Waals surface area contributed by atoms with Crippen LogP contribution in [-0.2, 0) is 4.79 Å². The van der Waals surface area contributed by atoms with Crippen LogP contribution in [0.2, 0.25) is 0 Å². The molecule has 30 heavy (non-hydrogen) atoms. The summed E-state index contributed by atoms with van der Waals surface area (Å²) in [6.45, 7) is 4.00. The number of carbonyl (C=O) groups is 2. The third-order valence-corrected chi connectivity index (χ3v) is 6.18. The molecule has 4 rings (SSSR count). The van der Waals surface area contributed by atoms with Gasteiger partial charge < -0.3 is 10.6 Å². The number of amides is 3. The van der Waals surface area contributed by atoms with Crippen LogP contribution in [0.25, 0.3) is 0 Å². The maximum atomic E-state index is 12.6. The van der Waals surface area contributed by atoms with Gasteiger partial charge in [-0.1, -0.05) is 42.5 Å². The molecule has 0 aromatic heterocycles. The van der Waals surface area contributed by atoms with Crippen LogP contribution in [0, 0.1) is 13.8 Å². The summed E-state index contributed by atoms with van der Waals surface area (Å²) in [5, 5.41) is 5.61. The molecule has 2 N–H and O–H groups in total. The molecule has 3 aromatic carbocycles. The van der Waals surface area contributed by atoms with E-state index in [2.05, 4.69) is 10.6 Å². The van der Waals surface area contributed by atoms with Crippen molar-refractivity contribution in [1.29, 1.82) is 0 Å². The van der Waals surface area contributed by atoms with Crippen molar-refractivity contribution in [3.63, 3.8) is 0 Å². The Hall–Kier alpha value is -3.25. The Morgan fingerprint density at radius 3 is 2.40 bits per heavy atom. The smallest absolute Gasteiger partial charge is 0.308 e. The van der Waals surface area contributed by atoms with Gasteiger partial charge in [0.1, 0.15) is 5.37 Å². The number of thioether (sulfide) groups is 1. The lowest BCUT2D eigenvalue weighted by molar-refractivity contribution is -0.115. The van der Waals surface area contributed by atoms with Gasteiger partial charge in [-0.25, -0.2) is 4.79 Å². The molecule has 0 aliphatic carbocycles. The van der Waals surface area contributed by atoms with E-state index < -0.39 is 0 Å². The van der Waals surface area contributed by atoms with E-state index in [0.29, 0.717) is 11.4 Å². The SMILES string of the molecule is Cc1cccc(NC(=O)Nc2ccc([C@@H]3SCC(=O)N3c3ccccc3C)cc2)c1. The lowest BCUT2D eigenvalue weighted by Gasteiger charge is -2.26. The zero-order valence-electron chi connectivity index (χ0n) is 16.9. The van der Waals surface area contributed by atoms with Crippen molar-refractivity contribution < 1.29 is 9.59 Å². The second-order valence-electron chi connectivity index (χ2n) is 7.28. The minimum Gasteiger partial charge on any atom is -0.308 e. The first kappa shape index (κ1) is 20.0. The van der Waals surface area contributed by atoms with Crippen LogP contribution in [-0.4, -0.2) is 17.7 Å². The maximum absolute atomic E-state index is 12.6. The maximum Gasteiger partial charge on any atom is 0.323 e. The Morgan fingerprint density at radius 2 is 1.67 bits per heavy atom. The number of para-hydroxylation sites is 1. The number of aryl methyl sites for hydroxylation is 2. The number of anilines is 3. The van der Waals surface area contributed by atoms with Crippen molar-refractivity contribution in [2.24, 2.45) is 0 Å². The number of nitrogens with zero attached hydrogens (tertiary/aromatic N) is 1. The first-order chi connectivity index (χ1) is 14.5. The molecule has 0 bridgehead atoms. The largest absolute Gasteiger partial charge is 0.323 e. The van der Waals surface area contributed by atoms with Crippen LogP contribution in [0.3, 0.4) is 0 Å². The Morgan fingerprint density at radius 1 is 0.933 bits per heavy atom. The molecule has 6 heteroatoms. The summed E-state index contributed by atoms with van der Waals surface area (Å²) in [4.78, 5) is 26.7. The summed E-state index contributed by atoms with van der Waals surface area (Å²) in [5.74, 6) is 0.566. The van der Waals surface area contributed by atoms with Gasteiger partial charge in [0.05, 0.1) is 5.75 Å². The molecule has 1 saturated heterocycles. The zero-order valence-corrected chi connectivity index (χ0v) is 17.7. The summed E-state index contributed by atoms with van der Waals surface area (Å²) < 4.78 is 0. The summed E-state index contributed by atoms with van der Waals surface area (Å²) in [6, 6.07) is 22.9. The molecule has 1 aliphatic rings. The minimum atomic E-state index is -0.291. The fraction of sp³-hybridized carbons (Fsp3) is 0.167. The van der Waals surface area contributed by atoms with E-state index in [4.69, 9.17) is 0 Å². The molecule has 0 unspecified atom stereocenters. The average molecular weight is 418 g/mol. The van der Waals surface area contributed by atoms with E-state index in [1.807, 2.05) is 91.5 Å². The highest BCUT2D eigenvalue weighted by atomic mass is 32.2. The monoisotopic (exact) mass is 417 g/mol. The van der Waals surface area contributed by atoms with Crippen LogP contribution in [0.15, 0.2) is 72.8 Å². The van der Waals surface area contributed by atoms with Gasteiger partial charge in [0, 0.05) is 17.1 Å². The average Bonchev–Trinajstić information content (AvgIpc) is 3.10. The molecule has 1 atom stereocenters. The highest BCUT2D eigenvalue weighted by molar-refractivity contribution is 8.00. The number of hydrogen-bond donors (Lipinski definition) is 2. The van der Waals surface area contributed by atoms with Gasteiger partial charge in [0.15, 0.2) is 0 Å². The van der Waals surface area contributed by atoms with Gasteiger partial charge in [-0.2, -0.15) is 0 Å². The van der Waals surface area contributed by atoms with Crippen molar-refractivity contribution in [2.75, 3.05) is 21.3 Å². The quantitative estimate of drug-likeness (QED) is 0.570. The number of nitrogens with one attached hydrogen (secondary N) is 2. The normalized spacial score (nSPS) is 15.9. The van der Waals surface area contributed by atoms with E-state index in [1.165, 1.54) is 0 Å². The van der Waals surface area contributed by atoms with Crippen molar-refractivity contribution in [3.8, 4) is 0 Å². The molecule has 0 saturated carbocycles. The molecule has 3 aromatic rings. The molecule has 0 spiro atoms. The highest BCUT2D eigenvalue weighted by Crippen LogP contribution is 2.42. The second kappa shape index (κ2) is 8.63. The van der Waals surface area contributed by atoms with E-state index in [0.717, 1.165) is 28.1 Å². The van der Waals surface area contributed by atoms with Gasteiger partial charge >= 0.3 is 6.03 Å². The Labute approximate surface area is 180 Å². The van der Waals surface area contributed by atoms with Crippen LogP contribution in [0.4, 0.5) is 21.9 Å². The molecule has 152 valence electrons. The first-order valence-electron chi connectivity index (χ1n) is 9.75. The fourth-order valence-electron chi connectivity index (χ4n) is 3.51. The number of benzene rings is 3. The number of carbonyl (C=O) groups excluding carboxylic acids is 2. The first-order valence-corrected chi connectivity index (χ1v) is 10.8. The van der Waals surface area contributed by atoms with Gasteiger partial charge in [0.25, 0.3) is 0 Å². The molecule has 1 heterocycles. The molecule has 1 aliphatic heterocycles. The van der Waals surface area contributed by atoms with Crippen LogP contribution in [0.1, 0.15) is 22.1 Å². The topological polar surface area (TPSA) is 61.4 Å². The predicted octanol–water partition coefficient (Wildman–Crippen LogP) is 5.73. The van der Waals surface area contributed by atoms with Crippen molar-refractivity contribution in [1.82, 2.24) is 0 Å². The molecule has 5 nitrogen and oxygen atoms in total. The minimum absolute atomic E-state index is 0.0752. The third-order valence-electron chi connectivity index (χ3n) is 4.97. The van der Waals surface area contributed by atoms with Gasteiger partial charge in [-0.3, -0.25) is 9.69 Å². The van der Waals surface area contributed by atoms with Crippen molar-refractivity contribution in [3.05, 3.63) is 89.5 Å². The molecule has 1 fully saturated rings. The number of rotatable bonds is 4. The standard InChI is InChI=1S/C24H23N3O2S/c1-16-6-5-8-20(14-16)26-24(29)25-19-12-10-18(11-13-19)23-27(22(28)15-30-23)21-9-4-3-7-17(21)2/h3-14,23H,15H2,1-2H3,(H2,25,26,29)/t23-/m0/s1. The summed E-state index contributed by atoms with van der Waals surface area (Å²) >= 11 is 1.61. The van der Waals surface area contributed by atoms with Gasteiger partial charge in [0.2, 0.25) is 5.91 Å². The molecular weight excluding hydrogens is 394 g/mol. The van der Waals surface area contributed by atoms with Crippen molar-refractivity contribution >= 4 is 40.8 Å². The van der Waals surface area contributed by atoms with Crippen LogP contribution >= 0.6 is 11.8 Å². The van der Waals surface area contributed by atoms with E-state index in [9.17, 15) is 9.59 Å². The number of hydrogen-bond acceptors (Lipinski definition) is 3. The molecule has 3 amide bonds. The molecular formula is C24H23N3O2S. The highest BCUT2D eigenvalue weighted by Gasteiger charge is 2.34. The molecule has 0 radical (unpaired) electrons. The zero-order chi connectivity index (χ0) is 21.1. The third kappa shape index (κ3) is 4.33. The van der Waals surface area contributed by atoms with E-state index in [-0.39, 0.29) is 17.3 Å². The van der Waals surface area contributed by atoms with Crippen LogP contribution in [0.5, 0.6) is 0 Å². The predicted molar refractivity (Wildman–Crippen MR) is 124 cm³/mol. The van der Waals surface area contributed by atoms with E-state index >= 15 is 0 Å². The van der Waals surface area contributed by atoms with Gasteiger partial charge in [-0.05, 0) is 60.9 Å². The van der Waals surface area contributed by atoms with Gasteiger partial charge in [-0.15, -0.1) is 11.8 Å². The van der Waals surface area contributed by atoms with Crippen molar-refractivity contribution in [2.45, 2.75) is 19.2 Å². The van der Waals surface area contributed by atoms with Crippen LogP contribution < -0.4 is 15.5 Å². The number of urea groups is 1. The lowest BCUT2D eigenvalue weighted by atomic mass is 10.1. The summed E-state index contributed by atoms with van der Waals surface area (Å²) in [6.07, 6.45) is 0.